The molecule has 0 amide bonds. The molecule has 4 saturated carbocycles. The van der Waals surface area contributed by atoms with E-state index in [1.807, 2.05) is 0 Å². The molecule has 5 fully saturated rings. The second kappa shape index (κ2) is 9.65. The third-order valence-electron chi connectivity index (χ3n) is 15.1. The molecule has 0 aromatic carbocycles. The van der Waals surface area contributed by atoms with E-state index >= 15 is 0 Å². The van der Waals surface area contributed by atoms with Crippen LogP contribution in [0.1, 0.15) is 113 Å². The zero-order valence-electron chi connectivity index (χ0n) is 27.2. The van der Waals surface area contributed by atoms with Crippen molar-refractivity contribution in [2.45, 2.75) is 119 Å². The van der Waals surface area contributed by atoms with Crippen molar-refractivity contribution in [3.05, 3.63) is 11.1 Å². The Bertz CT molecular complexity index is 1060. The van der Waals surface area contributed by atoms with Crippen LogP contribution in [-0.2, 0) is 4.79 Å². The van der Waals surface area contributed by atoms with E-state index in [9.17, 15) is 9.90 Å². The predicted octanol–water partition coefficient (Wildman–Crippen LogP) is 6.97. The average molecular weight is 553 g/mol. The summed E-state index contributed by atoms with van der Waals surface area (Å²) in [5.74, 6) is 2.96. The molecular weight excluding hydrogens is 492 g/mol. The monoisotopic (exact) mass is 552 g/mol. The number of likely N-dealkylation sites (N-methyl/N-ethyl adjacent to an activating group) is 1. The van der Waals surface area contributed by atoms with E-state index in [0.717, 1.165) is 51.9 Å². The molecule has 0 spiro atoms. The first-order valence-corrected chi connectivity index (χ1v) is 17.1. The topological polar surface area (TPSA) is 43.8 Å². The second-order valence-corrected chi connectivity index (χ2v) is 17.2. The van der Waals surface area contributed by atoms with Gasteiger partial charge in [0.15, 0.2) is 5.78 Å². The molecule has 6 rings (SSSR count). The number of aliphatic hydroxyl groups excluding tert-OH is 1. The Morgan fingerprint density at radius 3 is 2.23 bits per heavy atom. The number of aliphatic hydroxyl groups is 1. The van der Waals surface area contributed by atoms with E-state index in [2.05, 4.69) is 65.3 Å². The number of allylic oxidation sites excluding steroid dienone is 2. The number of rotatable bonds is 4. The zero-order valence-corrected chi connectivity index (χ0v) is 27.2. The minimum atomic E-state index is -0.200. The molecular formula is C36H60N2O2. The molecule has 0 bridgehead atoms. The van der Waals surface area contributed by atoms with Crippen LogP contribution in [0.25, 0.3) is 0 Å². The quantitative estimate of drug-likeness (QED) is 0.383. The molecule has 8 atom stereocenters. The molecule has 8 unspecified atom stereocenters. The highest BCUT2D eigenvalue weighted by atomic mass is 16.3. The Hall–Kier alpha value is -0.710. The maximum Gasteiger partial charge on any atom is 0.157 e. The number of ketones is 1. The van der Waals surface area contributed by atoms with Crippen LogP contribution in [0.15, 0.2) is 11.1 Å². The van der Waals surface area contributed by atoms with Crippen LogP contribution in [0.2, 0.25) is 0 Å². The molecule has 1 saturated heterocycles. The molecule has 1 heterocycles. The molecule has 4 nitrogen and oxygen atoms in total. The van der Waals surface area contributed by atoms with Crippen molar-refractivity contribution in [2.75, 3.05) is 39.8 Å². The Morgan fingerprint density at radius 2 is 1.55 bits per heavy atom. The smallest absolute Gasteiger partial charge is 0.157 e. The van der Waals surface area contributed by atoms with Gasteiger partial charge < -0.3 is 10.0 Å². The first-order chi connectivity index (χ1) is 18.7. The normalized spacial score (nSPS) is 47.5. The fraction of sp³-hybridized carbons (Fsp3) is 0.917. The number of hydrogen-bond acceptors (Lipinski definition) is 4. The average Bonchev–Trinajstić information content (AvgIpc) is 3.30. The lowest BCUT2D eigenvalue weighted by Crippen LogP contribution is -2.66. The molecule has 5 aliphatic carbocycles. The van der Waals surface area contributed by atoms with Crippen molar-refractivity contribution in [2.24, 2.45) is 50.7 Å². The lowest BCUT2D eigenvalue weighted by atomic mass is 9.33. The largest absolute Gasteiger partial charge is 0.393 e. The van der Waals surface area contributed by atoms with Crippen LogP contribution in [0.5, 0.6) is 0 Å². The Kier molecular flexibility index (Phi) is 7.08. The van der Waals surface area contributed by atoms with Gasteiger partial charge in [-0.25, -0.2) is 0 Å². The summed E-state index contributed by atoms with van der Waals surface area (Å²) in [6.07, 6.45) is 11.6. The fourth-order valence-corrected chi connectivity index (χ4v) is 12.4. The van der Waals surface area contributed by atoms with Crippen molar-refractivity contribution in [3.63, 3.8) is 0 Å². The van der Waals surface area contributed by atoms with Gasteiger partial charge in [0.1, 0.15) is 0 Å². The summed E-state index contributed by atoms with van der Waals surface area (Å²) >= 11 is 0. The number of piperazine rings is 1. The summed E-state index contributed by atoms with van der Waals surface area (Å²) in [4.78, 5) is 19.3. The molecule has 1 aliphatic heterocycles. The van der Waals surface area contributed by atoms with Gasteiger partial charge in [-0.2, -0.15) is 0 Å². The predicted molar refractivity (Wildman–Crippen MR) is 164 cm³/mol. The van der Waals surface area contributed by atoms with Gasteiger partial charge in [0, 0.05) is 26.2 Å². The van der Waals surface area contributed by atoms with E-state index < -0.39 is 0 Å². The molecule has 0 aromatic heterocycles. The first kappa shape index (κ1) is 29.4. The maximum absolute atomic E-state index is 14.5. The van der Waals surface area contributed by atoms with Crippen molar-refractivity contribution >= 4 is 5.78 Å². The lowest BCUT2D eigenvalue weighted by Gasteiger charge is -2.72. The van der Waals surface area contributed by atoms with Crippen molar-refractivity contribution < 1.29 is 9.90 Å². The Labute approximate surface area is 245 Å². The number of carbonyl (C=O) groups excluding carboxylic acids is 1. The van der Waals surface area contributed by atoms with Gasteiger partial charge in [-0.1, -0.05) is 59.6 Å². The van der Waals surface area contributed by atoms with Gasteiger partial charge in [0.25, 0.3) is 0 Å². The molecule has 6 aliphatic rings. The van der Waals surface area contributed by atoms with E-state index in [-0.39, 0.29) is 22.3 Å². The van der Waals surface area contributed by atoms with Crippen LogP contribution >= 0.6 is 0 Å². The first-order valence-electron chi connectivity index (χ1n) is 17.1. The minimum Gasteiger partial charge on any atom is -0.393 e. The van der Waals surface area contributed by atoms with E-state index in [1.165, 1.54) is 38.5 Å². The van der Waals surface area contributed by atoms with Crippen molar-refractivity contribution in [1.82, 2.24) is 9.80 Å². The summed E-state index contributed by atoms with van der Waals surface area (Å²) in [6, 6.07) is 0. The summed E-state index contributed by atoms with van der Waals surface area (Å²) in [6.45, 7) is 22.4. The van der Waals surface area contributed by atoms with E-state index in [1.54, 1.807) is 11.1 Å². The Balaban J connectivity index is 1.35. The van der Waals surface area contributed by atoms with Gasteiger partial charge in [-0.05, 0) is 117 Å². The fourth-order valence-electron chi connectivity index (χ4n) is 12.4. The van der Waals surface area contributed by atoms with Gasteiger partial charge in [0.2, 0.25) is 0 Å². The van der Waals surface area contributed by atoms with Gasteiger partial charge in [-0.15, -0.1) is 0 Å². The Morgan fingerprint density at radius 1 is 0.850 bits per heavy atom. The van der Waals surface area contributed by atoms with Crippen LogP contribution in [-0.4, -0.2) is 66.6 Å². The number of carbonyl (C=O) groups is 1. The number of nitrogens with zero attached hydrogens (tertiary/aromatic N) is 2. The minimum absolute atomic E-state index is 0.00225. The summed E-state index contributed by atoms with van der Waals surface area (Å²) < 4.78 is 0. The van der Waals surface area contributed by atoms with Crippen LogP contribution < -0.4 is 0 Å². The number of fused-ring (bicyclic) bond motifs is 7. The molecule has 226 valence electrons. The second-order valence-electron chi connectivity index (χ2n) is 17.2. The molecule has 0 aromatic rings. The van der Waals surface area contributed by atoms with Crippen LogP contribution in [0.4, 0.5) is 0 Å². The standard InChI is InChI=1S/C36H60N2O2/c1-24(2)25-11-16-36(30(40)23-38-21-19-37(8)20-22-38)18-17-34(6)26(31(25)36)9-10-28-33(5)14-13-29(39)32(3,4)27(33)12-15-35(28,34)7/h24,26-29,39H,9-23H2,1-8H3. The van der Waals surface area contributed by atoms with Crippen molar-refractivity contribution in [3.8, 4) is 0 Å². The summed E-state index contributed by atoms with van der Waals surface area (Å²) in [7, 11) is 2.20. The van der Waals surface area contributed by atoms with Crippen LogP contribution in [0.3, 0.4) is 0 Å². The highest BCUT2D eigenvalue weighted by Gasteiger charge is 2.70. The zero-order chi connectivity index (χ0) is 28.9. The molecule has 0 radical (unpaired) electrons. The third-order valence-corrected chi connectivity index (χ3v) is 15.1. The number of hydrogen-bond donors (Lipinski definition) is 1. The SMILES string of the molecule is CC(C)C1=C2C3CCC4C5(C)CCC(O)C(C)(C)C5CCC4(C)C3(C)CCC2(C(=O)CN2CCN(C)CC2)CC1. The van der Waals surface area contributed by atoms with Gasteiger partial charge in [0.05, 0.1) is 18.1 Å². The van der Waals surface area contributed by atoms with Gasteiger partial charge in [-0.3, -0.25) is 9.69 Å². The maximum atomic E-state index is 14.5. The van der Waals surface area contributed by atoms with E-state index in [4.69, 9.17) is 0 Å². The highest BCUT2D eigenvalue weighted by molar-refractivity contribution is 5.91. The summed E-state index contributed by atoms with van der Waals surface area (Å²) in [5, 5.41) is 11.0. The van der Waals surface area contributed by atoms with Crippen molar-refractivity contribution in [1.29, 1.82) is 0 Å². The molecule has 40 heavy (non-hydrogen) atoms. The third kappa shape index (κ3) is 3.89. The van der Waals surface area contributed by atoms with Gasteiger partial charge >= 0.3 is 0 Å². The van der Waals surface area contributed by atoms with E-state index in [0.29, 0.717) is 46.8 Å². The summed E-state index contributed by atoms with van der Waals surface area (Å²) in [5.41, 5.74) is 3.97. The number of Topliss-reactive ketones (excluding diaryl/α,β-unsaturated/α-hetero) is 1. The molecule has 4 heteroatoms. The van der Waals surface area contributed by atoms with Crippen LogP contribution in [0, 0.1) is 50.7 Å². The lowest BCUT2D eigenvalue weighted by molar-refractivity contribution is -0.228. The molecule has 1 N–H and O–H groups in total. The highest BCUT2D eigenvalue weighted by Crippen LogP contribution is 2.76.